The molecule has 1 aromatic carbocycles. The monoisotopic (exact) mass is 280 g/mol. The molecule has 0 saturated carbocycles. The Balaban J connectivity index is 2.31. The van der Waals surface area contributed by atoms with Crippen LogP contribution in [0.25, 0.3) is 10.9 Å². The fourth-order valence-electron chi connectivity index (χ4n) is 1.37. The highest BCUT2D eigenvalue weighted by Crippen LogP contribution is 2.17. The van der Waals surface area contributed by atoms with E-state index < -0.39 is 5.97 Å². The quantitative estimate of drug-likeness (QED) is 0.938. The average molecular weight is 281 g/mol. The first-order valence-electron chi connectivity index (χ1n) is 4.78. The van der Waals surface area contributed by atoms with Crippen molar-refractivity contribution < 1.29 is 9.90 Å². The van der Waals surface area contributed by atoms with Crippen LogP contribution in [0.1, 0.15) is 12.2 Å². The lowest BCUT2D eigenvalue weighted by Gasteiger charge is -2.01. The number of carbonyl (C=O) groups is 1. The van der Waals surface area contributed by atoms with E-state index >= 15 is 0 Å². The minimum absolute atomic E-state index is 0.0551. The molecule has 0 amide bonds. The number of rotatable bonds is 3. The first-order valence-corrected chi connectivity index (χ1v) is 5.57. The molecular formula is C11H9BrN2O2. The van der Waals surface area contributed by atoms with Gasteiger partial charge in [-0.2, -0.15) is 0 Å². The van der Waals surface area contributed by atoms with Crippen LogP contribution < -0.4 is 0 Å². The highest BCUT2D eigenvalue weighted by molar-refractivity contribution is 9.10. The van der Waals surface area contributed by atoms with Gasteiger partial charge in [0.15, 0.2) is 0 Å². The fourth-order valence-corrected chi connectivity index (χ4v) is 1.72. The van der Waals surface area contributed by atoms with Crippen LogP contribution in [0, 0.1) is 0 Å². The van der Waals surface area contributed by atoms with Crippen LogP contribution in [0.15, 0.2) is 28.9 Å². The van der Waals surface area contributed by atoms with E-state index in [-0.39, 0.29) is 6.42 Å². The van der Waals surface area contributed by atoms with Crippen LogP contribution in [0.3, 0.4) is 0 Å². The second-order valence-corrected chi connectivity index (χ2v) is 4.30. The summed E-state index contributed by atoms with van der Waals surface area (Å²) in [6.07, 6.45) is 2.13. The summed E-state index contributed by atoms with van der Waals surface area (Å²) in [5.41, 5.74) is 0.824. The largest absolute Gasteiger partial charge is 0.481 e. The Morgan fingerprint density at radius 2 is 2.25 bits per heavy atom. The molecule has 82 valence electrons. The van der Waals surface area contributed by atoms with Gasteiger partial charge in [-0.05, 0) is 12.1 Å². The Morgan fingerprint density at radius 1 is 1.44 bits per heavy atom. The highest BCUT2D eigenvalue weighted by Gasteiger charge is 2.03. The molecule has 0 unspecified atom stereocenters. The average Bonchev–Trinajstić information content (AvgIpc) is 2.25. The van der Waals surface area contributed by atoms with Gasteiger partial charge in [0.25, 0.3) is 0 Å². The van der Waals surface area contributed by atoms with Gasteiger partial charge in [-0.15, -0.1) is 0 Å². The molecule has 4 nitrogen and oxygen atoms in total. The number of hydrogen-bond donors (Lipinski definition) is 1. The molecule has 0 radical (unpaired) electrons. The van der Waals surface area contributed by atoms with E-state index in [0.717, 1.165) is 15.4 Å². The van der Waals surface area contributed by atoms with Gasteiger partial charge in [0.05, 0.1) is 11.9 Å². The number of aryl methyl sites for hydroxylation is 1. The lowest BCUT2D eigenvalue weighted by Crippen LogP contribution is -2.01. The molecule has 0 aliphatic carbocycles. The third-order valence-electron chi connectivity index (χ3n) is 2.16. The molecule has 1 heterocycles. The zero-order chi connectivity index (χ0) is 11.5. The Labute approximate surface area is 100 Å². The van der Waals surface area contributed by atoms with Crippen molar-refractivity contribution in [1.82, 2.24) is 9.97 Å². The first-order chi connectivity index (χ1) is 7.65. The van der Waals surface area contributed by atoms with Crippen LogP contribution in [-0.2, 0) is 11.2 Å². The second kappa shape index (κ2) is 4.57. The van der Waals surface area contributed by atoms with Crippen LogP contribution >= 0.6 is 15.9 Å². The molecule has 1 aromatic heterocycles. The lowest BCUT2D eigenvalue weighted by atomic mass is 10.2. The molecule has 0 aliphatic rings. The van der Waals surface area contributed by atoms with Gasteiger partial charge in [0.1, 0.15) is 5.82 Å². The number of aromatic nitrogens is 2. The van der Waals surface area contributed by atoms with Crippen molar-refractivity contribution in [3.05, 3.63) is 34.7 Å². The normalized spacial score (nSPS) is 10.6. The molecule has 0 atom stereocenters. The summed E-state index contributed by atoms with van der Waals surface area (Å²) in [6, 6.07) is 5.73. The highest BCUT2D eigenvalue weighted by atomic mass is 79.9. The molecule has 0 fully saturated rings. The van der Waals surface area contributed by atoms with Crippen molar-refractivity contribution in [2.75, 3.05) is 0 Å². The van der Waals surface area contributed by atoms with Crippen molar-refractivity contribution >= 4 is 32.8 Å². The van der Waals surface area contributed by atoms with Gasteiger partial charge >= 0.3 is 5.97 Å². The first kappa shape index (κ1) is 11.0. The maximum atomic E-state index is 10.4. The fraction of sp³-hybridized carbons (Fsp3) is 0.182. The van der Waals surface area contributed by atoms with E-state index in [2.05, 4.69) is 25.9 Å². The lowest BCUT2D eigenvalue weighted by molar-refractivity contribution is -0.137. The van der Waals surface area contributed by atoms with E-state index in [1.165, 1.54) is 0 Å². The van der Waals surface area contributed by atoms with E-state index in [1.807, 2.05) is 18.2 Å². The van der Waals surface area contributed by atoms with Gasteiger partial charge in [-0.3, -0.25) is 4.79 Å². The van der Waals surface area contributed by atoms with Crippen molar-refractivity contribution in [1.29, 1.82) is 0 Å². The molecule has 1 N–H and O–H groups in total. The van der Waals surface area contributed by atoms with Gasteiger partial charge in [0, 0.05) is 22.5 Å². The Hall–Kier alpha value is -1.49. The maximum Gasteiger partial charge on any atom is 0.303 e. The van der Waals surface area contributed by atoms with Gasteiger partial charge < -0.3 is 5.11 Å². The molecule has 16 heavy (non-hydrogen) atoms. The number of fused-ring (bicyclic) bond motifs is 1. The molecular weight excluding hydrogens is 272 g/mol. The zero-order valence-electron chi connectivity index (χ0n) is 8.35. The summed E-state index contributed by atoms with van der Waals surface area (Å²) >= 11 is 3.36. The number of carboxylic acids is 1. The van der Waals surface area contributed by atoms with Crippen LogP contribution in [0.2, 0.25) is 0 Å². The van der Waals surface area contributed by atoms with Crippen LogP contribution in [0.4, 0.5) is 0 Å². The van der Waals surface area contributed by atoms with Gasteiger partial charge in [-0.1, -0.05) is 22.0 Å². The van der Waals surface area contributed by atoms with Crippen molar-refractivity contribution in [2.45, 2.75) is 12.8 Å². The van der Waals surface area contributed by atoms with Crippen molar-refractivity contribution in [3.63, 3.8) is 0 Å². The molecule has 0 saturated heterocycles. The second-order valence-electron chi connectivity index (χ2n) is 3.38. The molecule has 2 aromatic rings. The molecule has 5 heteroatoms. The Bertz CT molecular complexity index is 542. The summed E-state index contributed by atoms with van der Waals surface area (Å²) in [5, 5.41) is 9.52. The topological polar surface area (TPSA) is 63.1 Å². The van der Waals surface area contributed by atoms with Gasteiger partial charge in [0.2, 0.25) is 0 Å². The third kappa shape index (κ3) is 2.55. The van der Waals surface area contributed by atoms with Gasteiger partial charge in [-0.25, -0.2) is 9.97 Å². The standard InChI is InChI=1S/C11H9BrN2O2/c12-8-2-1-7-6-13-10(3-4-11(15)16)14-9(7)5-8/h1-2,5-6H,3-4H2,(H,15,16). The molecule has 0 bridgehead atoms. The van der Waals surface area contributed by atoms with E-state index in [0.29, 0.717) is 12.2 Å². The summed E-state index contributed by atoms with van der Waals surface area (Å²) in [6.45, 7) is 0. The van der Waals surface area contributed by atoms with E-state index in [1.54, 1.807) is 6.20 Å². The zero-order valence-corrected chi connectivity index (χ0v) is 9.94. The van der Waals surface area contributed by atoms with Crippen molar-refractivity contribution in [2.24, 2.45) is 0 Å². The number of nitrogens with zero attached hydrogens (tertiary/aromatic N) is 2. The minimum atomic E-state index is -0.835. The predicted octanol–water partition coefficient (Wildman–Crippen LogP) is 2.41. The van der Waals surface area contributed by atoms with E-state index in [9.17, 15) is 4.79 Å². The summed E-state index contributed by atoms with van der Waals surface area (Å²) < 4.78 is 0.947. The smallest absolute Gasteiger partial charge is 0.303 e. The van der Waals surface area contributed by atoms with E-state index in [4.69, 9.17) is 5.11 Å². The Morgan fingerprint density at radius 3 is 3.00 bits per heavy atom. The summed E-state index contributed by atoms with van der Waals surface area (Å²) in [4.78, 5) is 18.8. The molecule has 0 aliphatic heterocycles. The number of benzene rings is 1. The number of halogens is 1. The van der Waals surface area contributed by atoms with Crippen LogP contribution in [0.5, 0.6) is 0 Å². The number of aliphatic carboxylic acids is 1. The number of carboxylic acid groups (broad SMARTS) is 1. The third-order valence-corrected chi connectivity index (χ3v) is 2.65. The molecule has 0 spiro atoms. The predicted molar refractivity (Wildman–Crippen MR) is 63.2 cm³/mol. The molecule has 2 rings (SSSR count). The van der Waals surface area contributed by atoms with Crippen molar-refractivity contribution in [3.8, 4) is 0 Å². The number of hydrogen-bond acceptors (Lipinski definition) is 3. The SMILES string of the molecule is O=C(O)CCc1ncc2ccc(Br)cc2n1. The van der Waals surface area contributed by atoms with Crippen LogP contribution in [-0.4, -0.2) is 21.0 Å². The summed E-state index contributed by atoms with van der Waals surface area (Å²) in [7, 11) is 0. The maximum absolute atomic E-state index is 10.4. The Kier molecular flexibility index (Phi) is 3.14. The minimum Gasteiger partial charge on any atom is -0.481 e. The summed E-state index contributed by atoms with van der Waals surface area (Å²) in [5.74, 6) is -0.272.